The van der Waals surface area contributed by atoms with Crippen LogP contribution in [-0.4, -0.2) is 22.9 Å². The zero-order chi connectivity index (χ0) is 10.1. The second-order valence-electron chi connectivity index (χ2n) is 2.87. The molecule has 0 bridgehead atoms. The molecule has 0 aliphatic rings. The van der Waals surface area contributed by atoms with Crippen LogP contribution in [0.1, 0.15) is 0 Å². The molecule has 3 N–H and O–H groups in total. The van der Waals surface area contributed by atoms with Crippen LogP contribution < -0.4 is 11.1 Å². The second-order valence-corrected chi connectivity index (χ2v) is 2.87. The maximum atomic E-state index is 11.0. The van der Waals surface area contributed by atoms with Gasteiger partial charge in [-0.05, 0) is 12.1 Å². The van der Waals surface area contributed by atoms with Crippen LogP contribution in [0, 0.1) is 0 Å². The van der Waals surface area contributed by atoms with E-state index in [2.05, 4.69) is 10.4 Å². The lowest BCUT2D eigenvalue weighted by Gasteiger charge is -1.93. The molecule has 0 aliphatic heterocycles. The maximum Gasteiger partial charge on any atom is 0.340 e. The largest absolute Gasteiger partial charge is 0.371 e. The molecule has 14 heavy (non-hydrogen) atoms. The molecular weight excluding hydrogens is 180 g/mol. The Morgan fingerprint density at radius 1 is 1.50 bits per heavy atom. The maximum absolute atomic E-state index is 11.0. The standard InChI is InChI=1S/C9H10N4O/c1-11-8-6-4-2-3-5-7(6)13(12-8)9(10)14/h2-5H,1H3,(H2,10,14)(H,11,12). The minimum atomic E-state index is -0.581. The van der Waals surface area contributed by atoms with E-state index in [9.17, 15) is 4.79 Å². The van der Waals surface area contributed by atoms with E-state index in [1.165, 1.54) is 4.68 Å². The van der Waals surface area contributed by atoms with Crippen LogP contribution in [-0.2, 0) is 0 Å². The van der Waals surface area contributed by atoms with Crippen molar-refractivity contribution in [1.82, 2.24) is 9.78 Å². The lowest BCUT2D eigenvalue weighted by atomic mass is 10.2. The van der Waals surface area contributed by atoms with Gasteiger partial charge in [-0.1, -0.05) is 12.1 Å². The van der Waals surface area contributed by atoms with Gasteiger partial charge in [0.05, 0.1) is 5.52 Å². The molecule has 0 saturated carbocycles. The Bertz CT molecular complexity index is 489. The quantitative estimate of drug-likeness (QED) is 0.704. The molecule has 1 aromatic heterocycles. The van der Waals surface area contributed by atoms with Crippen LogP contribution in [0.5, 0.6) is 0 Å². The molecule has 0 unspecified atom stereocenters. The van der Waals surface area contributed by atoms with Crippen molar-refractivity contribution in [3.05, 3.63) is 24.3 Å². The molecular formula is C9H10N4O. The van der Waals surface area contributed by atoms with Crippen molar-refractivity contribution < 1.29 is 4.79 Å². The number of carbonyl (C=O) groups excluding carboxylic acids is 1. The van der Waals surface area contributed by atoms with E-state index in [0.717, 1.165) is 5.39 Å². The van der Waals surface area contributed by atoms with Crippen molar-refractivity contribution in [2.45, 2.75) is 0 Å². The molecule has 0 fully saturated rings. The van der Waals surface area contributed by atoms with E-state index in [0.29, 0.717) is 11.3 Å². The number of primary amides is 1. The van der Waals surface area contributed by atoms with Crippen molar-refractivity contribution in [1.29, 1.82) is 0 Å². The van der Waals surface area contributed by atoms with Crippen LogP contribution in [0.3, 0.4) is 0 Å². The van der Waals surface area contributed by atoms with Crippen molar-refractivity contribution in [3.63, 3.8) is 0 Å². The summed E-state index contributed by atoms with van der Waals surface area (Å²) >= 11 is 0. The molecule has 5 nitrogen and oxygen atoms in total. The number of nitrogens with zero attached hydrogens (tertiary/aromatic N) is 2. The van der Waals surface area contributed by atoms with Crippen LogP contribution >= 0.6 is 0 Å². The number of benzene rings is 1. The summed E-state index contributed by atoms with van der Waals surface area (Å²) in [6, 6.07) is 6.82. The molecule has 2 aromatic rings. The summed E-state index contributed by atoms with van der Waals surface area (Å²) in [6.45, 7) is 0. The fourth-order valence-corrected chi connectivity index (χ4v) is 1.42. The molecule has 0 spiro atoms. The number of amides is 1. The smallest absolute Gasteiger partial charge is 0.340 e. The third kappa shape index (κ3) is 1.10. The Hall–Kier alpha value is -2.04. The average molecular weight is 190 g/mol. The Balaban J connectivity index is 2.80. The Kier molecular flexibility index (Phi) is 1.85. The highest BCUT2D eigenvalue weighted by Crippen LogP contribution is 2.21. The molecule has 0 saturated heterocycles. The van der Waals surface area contributed by atoms with Crippen molar-refractivity contribution in [2.75, 3.05) is 12.4 Å². The van der Waals surface area contributed by atoms with Crippen LogP contribution in [0.15, 0.2) is 24.3 Å². The molecule has 1 amide bonds. The van der Waals surface area contributed by atoms with Gasteiger partial charge in [0.2, 0.25) is 0 Å². The van der Waals surface area contributed by atoms with Gasteiger partial charge in [-0.3, -0.25) is 0 Å². The predicted octanol–water partition coefficient (Wildman–Crippen LogP) is 1.00. The number of hydrogen-bond donors (Lipinski definition) is 2. The third-order valence-electron chi connectivity index (χ3n) is 2.03. The minimum absolute atomic E-state index is 0.581. The number of para-hydroxylation sites is 1. The van der Waals surface area contributed by atoms with Gasteiger partial charge in [0, 0.05) is 12.4 Å². The number of nitrogens with one attached hydrogen (secondary N) is 1. The van der Waals surface area contributed by atoms with Crippen LogP contribution in [0.25, 0.3) is 10.9 Å². The number of aromatic nitrogens is 2. The lowest BCUT2D eigenvalue weighted by Crippen LogP contribution is -2.20. The molecule has 2 rings (SSSR count). The number of nitrogens with two attached hydrogens (primary N) is 1. The monoisotopic (exact) mass is 190 g/mol. The highest BCUT2D eigenvalue weighted by Gasteiger charge is 2.10. The first-order valence-corrected chi connectivity index (χ1v) is 4.19. The Morgan fingerprint density at radius 3 is 2.86 bits per heavy atom. The average Bonchev–Trinajstić information content (AvgIpc) is 2.56. The van der Waals surface area contributed by atoms with Crippen molar-refractivity contribution in [3.8, 4) is 0 Å². The van der Waals surface area contributed by atoms with Gasteiger partial charge in [-0.2, -0.15) is 4.68 Å². The van der Waals surface area contributed by atoms with E-state index in [-0.39, 0.29) is 0 Å². The number of hydrogen-bond acceptors (Lipinski definition) is 3. The summed E-state index contributed by atoms with van der Waals surface area (Å²) in [7, 11) is 1.75. The molecule has 1 heterocycles. The molecule has 72 valence electrons. The highest BCUT2D eigenvalue weighted by atomic mass is 16.2. The van der Waals surface area contributed by atoms with Crippen LogP contribution in [0.2, 0.25) is 0 Å². The summed E-state index contributed by atoms with van der Waals surface area (Å²) in [5, 5.41) is 7.83. The zero-order valence-corrected chi connectivity index (χ0v) is 7.69. The van der Waals surface area contributed by atoms with E-state index in [1.54, 1.807) is 13.1 Å². The number of fused-ring (bicyclic) bond motifs is 1. The fraction of sp³-hybridized carbons (Fsp3) is 0.111. The summed E-state index contributed by atoms with van der Waals surface area (Å²) in [5.74, 6) is 0.652. The molecule has 1 aromatic carbocycles. The molecule has 0 atom stereocenters. The van der Waals surface area contributed by atoms with Gasteiger partial charge >= 0.3 is 6.03 Å². The van der Waals surface area contributed by atoms with E-state index in [1.807, 2.05) is 18.2 Å². The third-order valence-corrected chi connectivity index (χ3v) is 2.03. The molecule has 0 aliphatic carbocycles. The summed E-state index contributed by atoms with van der Waals surface area (Å²) in [4.78, 5) is 11.0. The number of anilines is 1. The SMILES string of the molecule is CNc1nn(C(N)=O)c2ccccc12. The summed E-state index contributed by atoms with van der Waals surface area (Å²) in [5.41, 5.74) is 5.89. The Labute approximate surface area is 80.5 Å². The first-order chi connectivity index (χ1) is 6.74. The molecule has 0 radical (unpaired) electrons. The van der Waals surface area contributed by atoms with Gasteiger partial charge < -0.3 is 11.1 Å². The van der Waals surface area contributed by atoms with Crippen molar-refractivity contribution in [2.24, 2.45) is 5.73 Å². The normalized spacial score (nSPS) is 10.4. The molecule has 5 heteroatoms. The van der Waals surface area contributed by atoms with E-state index < -0.39 is 6.03 Å². The Morgan fingerprint density at radius 2 is 2.21 bits per heavy atom. The van der Waals surface area contributed by atoms with Gasteiger partial charge in [-0.25, -0.2) is 4.79 Å². The van der Waals surface area contributed by atoms with E-state index in [4.69, 9.17) is 5.73 Å². The van der Waals surface area contributed by atoms with Gasteiger partial charge in [0.25, 0.3) is 0 Å². The predicted molar refractivity (Wildman–Crippen MR) is 54.3 cm³/mol. The highest BCUT2D eigenvalue weighted by molar-refractivity contribution is 5.96. The second kappa shape index (κ2) is 3.02. The van der Waals surface area contributed by atoms with Crippen molar-refractivity contribution >= 4 is 22.8 Å². The first-order valence-electron chi connectivity index (χ1n) is 4.19. The lowest BCUT2D eigenvalue weighted by molar-refractivity contribution is 0.248. The first kappa shape index (κ1) is 8.55. The van der Waals surface area contributed by atoms with Crippen LogP contribution in [0.4, 0.5) is 10.6 Å². The van der Waals surface area contributed by atoms with Gasteiger partial charge in [0.1, 0.15) is 0 Å². The summed E-state index contributed by atoms with van der Waals surface area (Å²) in [6.07, 6.45) is 0. The number of rotatable bonds is 1. The van der Waals surface area contributed by atoms with Gasteiger partial charge in [-0.15, -0.1) is 5.10 Å². The topological polar surface area (TPSA) is 72.9 Å². The fourth-order valence-electron chi connectivity index (χ4n) is 1.42. The van der Waals surface area contributed by atoms with Gasteiger partial charge in [0.15, 0.2) is 5.82 Å². The van der Waals surface area contributed by atoms with E-state index >= 15 is 0 Å². The number of carbonyl (C=O) groups is 1. The minimum Gasteiger partial charge on any atom is -0.371 e. The summed E-state index contributed by atoms with van der Waals surface area (Å²) < 4.78 is 1.18. The zero-order valence-electron chi connectivity index (χ0n) is 7.69.